The van der Waals surface area contributed by atoms with Crippen LogP contribution in [0.15, 0.2) is 171 Å². The number of amides is 1. The van der Waals surface area contributed by atoms with Gasteiger partial charge in [-0.3, -0.25) is 14.0 Å². The number of carbonyl (C=O) groups is 1. The zero-order valence-electron chi connectivity index (χ0n) is 73.5. The second-order valence-electron chi connectivity index (χ2n) is 30.0. The second kappa shape index (κ2) is 62.0. The fourth-order valence-electron chi connectivity index (χ4n) is 13.0. The van der Waals surface area contributed by atoms with E-state index in [-0.39, 0.29) is 133 Å². The van der Waals surface area contributed by atoms with Gasteiger partial charge in [0.15, 0.2) is 39.7 Å². The van der Waals surface area contributed by atoms with E-state index in [1.54, 1.807) is 83.3 Å². The Morgan fingerprint density at radius 1 is 0.485 bits per heavy atom. The summed E-state index contributed by atoms with van der Waals surface area (Å²) in [6, 6.07) is 34.9. The van der Waals surface area contributed by atoms with Crippen LogP contribution in [0.25, 0.3) is 56.7 Å². The summed E-state index contributed by atoms with van der Waals surface area (Å²) >= 11 is 9.53. The number of nitrogens with one attached hydrogen (secondary N) is 1. The number of rotatable bonds is 19. The quantitative estimate of drug-likeness (QED) is 0.0323. The van der Waals surface area contributed by atoms with Gasteiger partial charge in [0.1, 0.15) is 65.0 Å². The molecule has 0 saturated carbocycles. The smallest absolute Gasteiger partial charge is 0.407 e. The van der Waals surface area contributed by atoms with Gasteiger partial charge in [-0.15, -0.1) is 22.6 Å². The van der Waals surface area contributed by atoms with Crippen molar-refractivity contribution in [3.63, 3.8) is 0 Å². The number of hydrogen-bond donors (Lipinski definition) is 6. The number of benzene rings is 5. The summed E-state index contributed by atoms with van der Waals surface area (Å²) in [5.41, 5.74) is 12.2. The van der Waals surface area contributed by atoms with Crippen molar-refractivity contribution in [1.82, 2.24) is 93.9 Å². The van der Waals surface area contributed by atoms with Crippen molar-refractivity contribution in [3.8, 4) is 74.3 Å². The van der Waals surface area contributed by atoms with Gasteiger partial charge in [0.2, 0.25) is 9.47 Å². The van der Waals surface area contributed by atoms with E-state index in [1.807, 2.05) is 123 Å². The van der Waals surface area contributed by atoms with Gasteiger partial charge >= 0.3 is 13.6 Å². The van der Waals surface area contributed by atoms with Crippen LogP contribution < -0.4 is 26.0 Å². The largest absolute Gasteiger partial charge is 0.508 e. The summed E-state index contributed by atoms with van der Waals surface area (Å²) in [7, 11) is 12.3. The molecule has 11 heterocycles. The topological polar surface area (TPSA) is 426 Å². The molecule has 0 spiro atoms. The molecule has 134 heavy (non-hydrogen) atoms. The van der Waals surface area contributed by atoms with Crippen LogP contribution in [0.5, 0.6) is 28.7 Å². The third-order valence-corrected chi connectivity index (χ3v) is 21.0. The summed E-state index contributed by atoms with van der Waals surface area (Å²) in [5.74, 6) is 10.6. The van der Waals surface area contributed by atoms with Crippen LogP contribution >= 0.6 is 60.2 Å². The van der Waals surface area contributed by atoms with Crippen molar-refractivity contribution in [2.45, 2.75) is 133 Å². The molecule has 1 amide bonds. The fraction of sp³-hybridized carbons (Fsp3) is 0.435. The van der Waals surface area contributed by atoms with Gasteiger partial charge in [0.25, 0.3) is 0 Å². The SMILES string of the molecule is C.C.C.C.C.Cl.Cn1nc(-c2ccc(O)cc2)nc1C1=CCOCC1.Cn1nc(-c2ccc(O)cc2)nc1C1CCOCC1.Cn1nc(-c2ccc(OC/C(=C/F)CN)cc2)nc1C1CCOCC1.Cn1nc(-c2ccc(OC/C(=C/F)CNC(=O)OC(C)(C)C)cc2)nc1C1CCOCC1.Cn1nc(Br)nc1Br.Cn1nc(Br)nc1C1=CCOCC1.O.O[B]c1ccc(O)cc1.[CH3-].[W]. The van der Waals surface area contributed by atoms with Crippen LogP contribution in [0.1, 0.15) is 156 Å². The molecular formula is C92H131BBr3ClF2N20O14W-. The molecular weight excluding hydrogens is 2120 g/mol. The van der Waals surface area contributed by atoms with Gasteiger partial charge in [-0.2, -0.15) is 25.4 Å². The second-order valence-corrected chi connectivity index (χ2v) is 32.2. The first-order valence-corrected chi connectivity index (χ1v) is 42.9. The average Bonchev–Trinajstić information content (AvgIpc) is 1.69. The fourth-order valence-corrected chi connectivity index (χ4v) is 14.3. The summed E-state index contributed by atoms with van der Waals surface area (Å²) in [6.07, 6.45) is 12.1. The number of alkyl carbamates (subject to hydrolysis) is 1. The molecule has 3 saturated heterocycles. The van der Waals surface area contributed by atoms with E-state index in [4.69, 9.17) is 63.7 Å². The predicted octanol–water partition coefficient (Wildman–Crippen LogP) is 16.3. The van der Waals surface area contributed by atoms with Gasteiger partial charge in [0, 0.05) is 167 Å². The Balaban J connectivity index is 0.000000802. The first kappa shape index (κ1) is 122. The number of aromatic nitrogens is 18. The van der Waals surface area contributed by atoms with Crippen LogP contribution in [0.2, 0.25) is 0 Å². The van der Waals surface area contributed by atoms with Crippen LogP contribution in [0.4, 0.5) is 13.6 Å². The minimum Gasteiger partial charge on any atom is -0.508 e. The molecule has 42 heteroatoms. The summed E-state index contributed by atoms with van der Waals surface area (Å²) in [4.78, 5) is 38.6. The molecule has 1 radical (unpaired) electrons. The first-order valence-electron chi connectivity index (χ1n) is 40.5. The Morgan fingerprint density at radius 2 is 0.813 bits per heavy atom. The molecule has 0 atom stereocenters. The summed E-state index contributed by atoms with van der Waals surface area (Å²) in [6.45, 7) is 13.0. The molecule has 3 fully saturated rings. The third kappa shape index (κ3) is 38.4. The molecule has 0 bridgehead atoms. The number of phenolic OH excluding ortho intramolecular Hbond substituents is 3. The van der Waals surface area contributed by atoms with Crippen LogP contribution in [0, 0.1) is 7.43 Å². The first-order chi connectivity index (χ1) is 60.2. The predicted molar refractivity (Wildman–Crippen MR) is 529 cm³/mol. The molecule has 735 valence electrons. The number of hydrogen-bond acceptors (Lipinski definition) is 26. The molecule has 16 rings (SSSR count). The zero-order chi connectivity index (χ0) is 89.4. The maximum Gasteiger partial charge on any atom is 0.407 e. The molecule has 5 aliphatic heterocycles. The maximum atomic E-state index is 13.2. The minimum atomic E-state index is -0.615. The molecule has 5 aliphatic rings. The minimum absolute atomic E-state index is 0. The van der Waals surface area contributed by atoms with Crippen LogP contribution in [0.3, 0.4) is 0 Å². The van der Waals surface area contributed by atoms with Crippen molar-refractivity contribution in [2.24, 2.45) is 48.0 Å². The number of phenols is 3. The number of halogens is 6. The van der Waals surface area contributed by atoms with Crippen molar-refractivity contribution in [2.75, 3.05) is 92.4 Å². The van der Waals surface area contributed by atoms with Gasteiger partial charge in [0.05, 0.1) is 39.1 Å². The van der Waals surface area contributed by atoms with E-state index in [2.05, 4.69) is 110 Å². The Kier molecular flexibility index (Phi) is 56.6. The normalized spacial score (nSPS) is 14.1. The van der Waals surface area contributed by atoms with Crippen molar-refractivity contribution >= 4 is 90.4 Å². The third-order valence-electron chi connectivity index (χ3n) is 19.6. The van der Waals surface area contributed by atoms with E-state index in [0.717, 1.165) is 168 Å². The van der Waals surface area contributed by atoms with E-state index in [1.165, 1.54) is 23.3 Å². The standard InChI is InChI=1S/C23H31FN4O4.C18H23FN4O2.C14H17N3O2.C14H15N3O2.C8H10BrN3O.C6H6BO2.C3H3Br2N3.5CH4.CH3.ClH.H2O.W/c1-23(2,3)32-22(29)25-14-16(13-24)15-31-19-7-5-17(6-8-19)20-26-21(28(4)27-20)18-9-11-30-12-10-18;1-23-18(15-6-8-24-9-7-15)21-17(22-23)14-2-4-16(5-3-14)25-12-13(10-19)11-20;2*1-17-14(11-6-8-19-9-7-11)15-13(16-17)10-2-4-12(18)5-3-10;1-12-7(10-8(9)11-12)6-2-4-13-5-3-6;8-6-3-1-5(7-9)2-4-6;1-8-3(5)6-2(4)7-8;;;;;;;;;/h5-8,13,18H,9-12,14-15H2,1-4H3,(H,25,29);2-5,10,15H,6-9,11-12,20H2,1H3;2-5,11,18H,6-9H2,1H3;2-6,18H,7-9H2,1H3;2H,3-5H2,1H3;1-4,8-9H;1H3;5*1H4;1H3;1H;1H2;/q;;;;;;;;;;;;-1;;;/b16-13+;13-10+;;;;;;;;;;;;;;. The Hall–Kier alpha value is -9.81. The van der Waals surface area contributed by atoms with Gasteiger partial charge < -0.3 is 82.2 Å². The molecule has 5 aromatic carbocycles. The molecule has 0 unspecified atom stereocenters. The molecule has 11 aromatic rings. The number of carbonyl (C=O) groups excluding carboxylic acids is 1. The average molecular weight is 2250 g/mol. The summed E-state index contributed by atoms with van der Waals surface area (Å²) < 4.78 is 81.4. The Labute approximate surface area is 832 Å². The number of nitrogens with two attached hydrogens (primary N) is 1. The number of nitrogens with zero attached hydrogens (tertiary/aromatic N) is 18. The number of ether oxygens (including phenoxy) is 8. The number of aromatic hydroxyl groups is 3. The monoisotopic (exact) mass is 2240 g/mol. The van der Waals surface area contributed by atoms with Gasteiger partial charge in [-0.25, -0.2) is 52.5 Å². The van der Waals surface area contributed by atoms with Gasteiger partial charge in [-0.05, 0) is 240 Å². The van der Waals surface area contributed by atoms with Crippen molar-refractivity contribution in [1.29, 1.82) is 0 Å². The number of aryl methyl sites for hydroxylation is 6. The zero-order valence-corrected chi connectivity index (χ0v) is 82.0. The van der Waals surface area contributed by atoms with Crippen LogP contribution in [-0.4, -0.2) is 226 Å². The van der Waals surface area contributed by atoms with E-state index in [0.29, 0.717) is 98.9 Å². The van der Waals surface area contributed by atoms with Gasteiger partial charge in [-0.1, -0.05) is 66.9 Å². The maximum absolute atomic E-state index is 13.2. The van der Waals surface area contributed by atoms with Crippen molar-refractivity contribution in [3.05, 3.63) is 208 Å². The molecule has 34 nitrogen and oxygen atoms in total. The van der Waals surface area contributed by atoms with E-state index < -0.39 is 11.7 Å². The molecule has 9 N–H and O–H groups in total. The van der Waals surface area contributed by atoms with E-state index >= 15 is 0 Å². The van der Waals surface area contributed by atoms with E-state index in [9.17, 15) is 23.8 Å². The van der Waals surface area contributed by atoms with Crippen molar-refractivity contribution < 1.29 is 98.4 Å². The molecule has 0 aliphatic carbocycles. The Bertz CT molecular complexity index is 5320. The summed E-state index contributed by atoms with van der Waals surface area (Å²) in [5, 5.41) is 64.3. The molecule has 6 aromatic heterocycles. The Morgan fingerprint density at radius 3 is 1.12 bits per heavy atom. The van der Waals surface area contributed by atoms with Crippen LogP contribution in [-0.2, 0) is 91.8 Å².